The summed E-state index contributed by atoms with van der Waals surface area (Å²) in [5, 5.41) is 2.84. The molecule has 1 aliphatic heterocycles. The quantitative estimate of drug-likeness (QED) is 0.820. The maximum atomic E-state index is 12.3. The van der Waals surface area contributed by atoms with Crippen molar-refractivity contribution in [1.29, 1.82) is 0 Å². The Kier molecular flexibility index (Phi) is 5.04. The Bertz CT molecular complexity index is 536. The largest absolute Gasteiger partial charge is 0.453 e. The molecule has 7 heteroatoms. The normalized spacial score (nSPS) is 17.9. The number of likely N-dealkylation sites (tertiary alicyclic amines) is 1. The summed E-state index contributed by atoms with van der Waals surface area (Å²) < 4.78 is 6.35. The highest BCUT2D eigenvalue weighted by atomic mass is 79.9. The van der Waals surface area contributed by atoms with Crippen LogP contribution in [0.2, 0.25) is 0 Å². The van der Waals surface area contributed by atoms with Gasteiger partial charge in [-0.2, -0.15) is 0 Å². The summed E-state index contributed by atoms with van der Waals surface area (Å²) in [6.07, 6.45) is 0.982. The van der Waals surface area contributed by atoms with Gasteiger partial charge >= 0.3 is 6.09 Å². The van der Waals surface area contributed by atoms with E-state index >= 15 is 0 Å². The van der Waals surface area contributed by atoms with Crippen LogP contribution in [0, 0.1) is 0 Å². The van der Waals surface area contributed by atoms with E-state index in [9.17, 15) is 9.59 Å². The average molecular weight is 406 g/mol. The van der Waals surface area contributed by atoms with Crippen molar-refractivity contribution >= 4 is 49.5 Å². The minimum Gasteiger partial charge on any atom is -0.453 e. The Labute approximate surface area is 133 Å². The zero-order chi connectivity index (χ0) is 14.7. The van der Waals surface area contributed by atoms with Gasteiger partial charge in [0.05, 0.1) is 12.8 Å². The molecule has 2 rings (SSSR count). The minimum absolute atomic E-state index is 0.202. The Morgan fingerprint density at radius 3 is 2.85 bits per heavy atom. The number of carbonyl (C=O) groups is 2. The van der Waals surface area contributed by atoms with E-state index in [0.717, 1.165) is 15.4 Å². The Balaban J connectivity index is 2.11. The Hall–Kier alpha value is -1.08. The minimum atomic E-state index is -0.478. The average Bonchev–Trinajstić information content (AvgIpc) is 2.91. The lowest BCUT2D eigenvalue weighted by molar-refractivity contribution is -0.119. The standard InChI is InChI=1S/C13H14Br2N2O3/c1-20-13(19)17-6-2-3-11(17)12(18)16-10-7-8(14)4-5-9(10)15/h4-5,7,11H,2-3,6H2,1H3,(H,16,18). The first-order valence-electron chi connectivity index (χ1n) is 6.13. The van der Waals surface area contributed by atoms with Crippen LogP contribution in [0.4, 0.5) is 10.5 Å². The molecule has 1 saturated heterocycles. The molecule has 1 aromatic rings. The predicted molar refractivity (Wildman–Crippen MR) is 82.6 cm³/mol. The van der Waals surface area contributed by atoms with E-state index in [2.05, 4.69) is 37.2 Å². The lowest BCUT2D eigenvalue weighted by atomic mass is 10.2. The van der Waals surface area contributed by atoms with E-state index in [1.54, 1.807) is 6.07 Å². The molecular formula is C13H14Br2N2O3. The molecule has 0 saturated carbocycles. The molecule has 5 nitrogen and oxygen atoms in total. The first-order valence-corrected chi connectivity index (χ1v) is 7.72. The number of nitrogens with zero attached hydrogens (tertiary/aromatic N) is 1. The van der Waals surface area contributed by atoms with Gasteiger partial charge in [-0.15, -0.1) is 0 Å². The van der Waals surface area contributed by atoms with Crippen molar-refractivity contribution in [2.24, 2.45) is 0 Å². The second-order valence-corrected chi connectivity index (χ2v) is 6.20. The van der Waals surface area contributed by atoms with Gasteiger partial charge in [-0.3, -0.25) is 9.69 Å². The number of hydrogen-bond donors (Lipinski definition) is 1. The molecule has 1 unspecified atom stereocenters. The van der Waals surface area contributed by atoms with Crippen LogP contribution in [0.1, 0.15) is 12.8 Å². The van der Waals surface area contributed by atoms with Crippen molar-refractivity contribution in [1.82, 2.24) is 4.90 Å². The number of nitrogens with one attached hydrogen (secondary N) is 1. The summed E-state index contributed by atoms with van der Waals surface area (Å²) in [5.74, 6) is -0.202. The van der Waals surface area contributed by atoms with E-state index in [1.807, 2.05) is 12.1 Å². The van der Waals surface area contributed by atoms with Crippen molar-refractivity contribution in [2.75, 3.05) is 19.0 Å². The number of anilines is 1. The molecule has 0 bridgehead atoms. The van der Waals surface area contributed by atoms with Crippen molar-refractivity contribution in [3.63, 3.8) is 0 Å². The summed E-state index contributed by atoms with van der Waals surface area (Å²) in [4.78, 5) is 25.4. The third kappa shape index (κ3) is 3.32. The highest BCUT2D eigenvalue weighted by molar-refractivity contribution is 9.11. The van der Waals surface area contributed by atoms with Crippen LogP contribution in [-0.2, 0) is 9.53 Å². The molecule has 1 fully saturated rings. The number of rotatable bonds is 2. The molecule has 1 heterocycles. The number of amides is 2. The van der Waals surface area contributed by atoms with Gasteiger partial charge in [0.15, 0.2) is 0 Å². The molecule has 1 aliphatic rings. The smallest absolute Gasteiger partial charge is 0.410 e. The van der Waals surface area contributed by atoms with E-state index < -0.39 is 12.1 Å². The SMILES string of the molecule is COC(=O)N1CCCC1C(=O)Nc1cc(Br)ccc1Br. The lowest BCUT2D eigenvalue weighted by Gasteiger charge is -2.22. The highest BCUT2D eigenvalue weighted by Crippen LogP contribution is 2.27. The van der Waals surface area contributed by atoms with Gasteiger partial charge in [-0.05, 0) is 47.0 Å². The molecule has 1 aromatic carbocycles. The van der Waals surface area contributed by atoms with Crippen molar-refractivity contribution in [3.8, 4) is 0 Å². The number of halogens is 2. The lowest BCUT2D eigenvalue weighted by Crippen LogP contribution is -2.43. The molecular weight excluding hydrogens is 392 g/mol. The van der Waals surface area contributed by atoms with Gasteiger partial charge in [0.1, 0.15) is 6.04 Å². The van der Waals surface area contributed by atoms with Crippen LogP contribution in [-0.4, -0.2) is 36.6 Å². The van der Waals surface area contributed by atoms with E-state index in [-0.39, 0.29) is 5.91 Å². The van der Waals surface area contributed by atoms with Crippen LogP contribution in [0.15, 0.2) is 27.1 Å². The van der Waals surface area contributed by atoms with Crippen LogP contribution in [0.3, 0.4) is 0 Å². The Morgan fingerprint density at radius 2 is 2.15 bits per heavy atom. The maximum Gasteiger partial charge on any atom is 0.410 e. The first kappa shape index (κ1) is 15.3. The molecule has 0 radical (unpaired) electrons. The maximum absolute atomic E-state index is 12.3. The monoisotopic (exact) mass is 404 g/mol. The van der Waals surface area contributed by atoms with Gasteiger partial charge in [0, 0.05) is 15.5 Å². The van der Waals surface area contributed by atoms with Gasteiger partial charge < -0.3 is 10.1 Å². The van der Waals surface area contributed by atoms with Crippen molar-refractivity contribution in [2.45, 2.75) is 18.9 Å². The number of hydrogen-bond acceptors (Lipinski definition) is 3. The molecule has 108 valence electrons. The van der Waals surface area contributed by atoms with Crippen molar-refractivity contribution in [3.05, 3.63) is 27.1 Å². The van der Waals surface area contributed by atoms with E-state index in [0.29, 0.717) is 18.7 Å². The molecule has 0 aromatic heterocycles. The highest BCUT2D eigenvalue weighted by Gasteiger charge is 2.34. The number of carbonyl (C=O) groups excluding carboxylic acids is 2. The summed E-state index contributed by atoms with van der Waals surface area (Å²) in [5.41, 5.74) is 0.668. The fourth-order valence-electron chi connectivity index (χ4n) is 2.18. The zero-order valence-electron chi connectivity index (χ0n) is 10.9. The van der Waals surface area contributed by atoms with Crippen LogP contribution in [0.25, 0.3) is 0 Å². The molecule has 0 aliphatic carbocycles. The van der Waals surface area contributed by atoms with Crippen LogP contribution in [0.5, 0.6) is 0 Å². The summed E-state index contributed by atoms with van der Waals surface area (Å²) in [6, 6.07) is 5.04. The number of benzene rings is 1. The van der Waals surface area contributed by atoms with Gasteiger partial charge in [0.25, 0.3) is 0 Å². The molecule has 2 amide bonds. The summed E-state index contributed by atoms with van der Waals surface area (Å²) in [6.45, 7) is 0.546. The van der Waals surface area contributed by atoms with Gasteiger partial charge in [-0.1, -0.05) is 15.9 Å². The number of methoxy groups -OCH3 is 1. The Morgan fingerprint density at radius 1 is 1.40 bits per heavy atom. The van der Waals surface area contributed by atoms with Crippen LogP contribution >= 0.6 is 31.9 Å². The van der Waals surface area contributed by atoms with Crippen LogP contribution < -0.4 is 5.32 Å². The number of ether oxygens (including phenoxy) is 1. The fraction of sp³-hybridized carbons (Fsp3) is 0.385. The summed E-state index contributed by atoms with van der Waals surface area (Å²) >= 11 is 6.74. The van der Waals surface area contributed by atoms with Gasteiger partial charge in [-0.25, -0.2) is 4.79 Å². The zero-order valence-corrected chi connectivity index (χ0v) is 14.0. The first-order chi connectivity index (χ1) is 9.52. The third-order valence-corrected chi connectivity index (χ3v) is 4.34. The second-order valence-electron chi connectivity index (χ2n) is 4.43. The predicted octanol–water partition coefficient (Wildman–Crippen LogP) is 3.38. The molecule has 1 atom stereocenters. The molecule has 20 heavy (non-hydrogen) atoms. The summed E-state index contributed by atoms with van der Waals surface area (Å²) in [7, 11) is 1.32. The van der Waals surface area contributed by atoms with Gasteiger partial charge in [0.2, 0.25) is 5.91 Å². The molecule has 0 spiro atoms. The topological polar surface area (TPSA) is 58.6 Å². The van der Waals surface area contributed by atoms with E-state index in [4.69, 9.17) is 4.74 Å². The third-order valence-electron chi connectivity index (χ3n) is 3.15. The fourth-order valence-corrected chi connectivity index (χ4v) is 2.89. The second kappa shape index (κ2) is 6.58. The van der Waals surface area contributed by atoms with Crippen molar-refractivity contribution < 1.29 is 14.3 Å². The molecule has 1 N–H and O–H groups in total. The van der Waals surface area contributed by atoms with E-state index in [1.165, 1.54) is 12.0 Å².